The second-order valence-electron chi connectivity index (χ2n) is 5.58. The number of alkyl halides is 1. The van der Waals surface area contributed by atoms with E-state index in [1.807, 2.05) is 0 Å². The summed E-state index contributed by atoms with van der Waals surface area (Å²) in [4.78, 5) is -0.0449. The van der Waals surface area contributed by atoms with E-state index in [0.29, 0.717) is 5.56 Å². The number of sulfonamides is 1. The zero-order valence-electron chi connectivity index (χ0n) is 12.7. The van der Waals surface area contributed by atoms with Crippen LogP contribution in [0.15, 0.2) is 23.1 Å². The van der Waals surface area contributed by atoms with Gasteiger partial charge >= 0.3 is 0 Å². The van der Waals surface area contributed by atoms with Gasteiger partial charge < -0.3 is 4.74 Å². The number of benzene rings is 1. The third-order valence-electron chi connectivity index (χ3n) is 3.78. The molecule has 1 aromatic carbocycles. The largest absolute Gasteiger partial charge is 0.381 e. The molecule has 11 heteroatoms. The van der Waals surface area contributed by atoms with Crippen LogP contribution in [0, 0.1) is 0 Å². The first-order valence-corrected chi connectivity index (χ1v) is 8.88. The first-order chi connectivity index (χ1) is 11.3. The van der Waals surface area contributed by atoms with E-state index in [9.17, 15) is 12.8 Å². The van der Waals surface area contributed by atoms with Gasteiger partial charge in [-0.1, -0.05) is 11.6 Å². The highest BCUT2D eigenvalue weighted by Crippen LogP contribution is 2.32. The van der Waals surface area contributed by atoms with Gasteiger partial charge in [0.05, 0.1) is 18.0 Å². The van der Waals surface area contributed by atoms with Crippen molar-refractivity contribution in [2.24, 2.45) is 0 Å². The van der Waals surface area contributed by atoms with Crippen molar-refractivity contribution in [3.63, 3.8) is 0 Å². The predicted octanol–water partition coefficient (Wildman–Crippen LogP) is 1.27. The maximum Gasteiger partial charge on any atom is 0.243 e. The lowest BCUT2D eigenvalue weighted by Crippen LogP contribution is -2.36. The van der Waals surface area contributed by atoms with E-state index in [0.717, 1.165) is 4.31 Å². The van der Waals surface area contributed by atoms with Crippen LogP contribution in [-0.4, -0.2) is 65.8 Å². The highest BCUT2D eigenvalue weighted by atomic mass is 35.5. The zero-order chi connectivity index (χ0) is 17.4. The van der Waals surface area contributed by atoms with E-state index >= 15 is 0 Å². The van der Waals surface area contributed by atoms with Gasteiger partial charge in [0.2, 0.25) is 15.8 Å². The summed E-state index contributed by atoms with van der Waals surface area (Å²) in [6.45, 7) is -0.331. The van der Waals surface area contributed by atoms with E-state index in [1.54, 1.807) is 0 Å². The molecule has 1 unspecified atom stereocenters. The number of hydrogen-bond donors (Lipinski definition) is 1. The van der Waals surface area contributed by atoms with Gasteiger partial charge in [-0.25, -0.2) is 12.8 Å². The fraction of sp³-hybridized carbons (Fsp3) is 0.462. The molecule has 0 saturated carbocycles. The Morgan fingerprint density at radius 1 is 1.46 bits per heavy atom. The molecule has 1 aromatic heterocycles. The molecule has 24 heavy (non-hydrogen) atoms. The number of tetrazole rings is 1. The Balaban J connectivity index is 1.93. The molecule has 1 fully saturated rings. The Hall–Kier alpha value is -1.62. The lowest BCUT2D eigenvalue weighted by atomic mass is 10.1. The average molecular weight is 376 g/mol. The van der Waals surface area contributed by atoms with Crippen molar-refractivity contribution < 1.29 is 17.5 Å². The van der Waals surface area contributed by atoms with Crippen molar-refractivity contribution in [1.82, 2.24) is 24.9 Å². The van der Waals surface area contributed by atoms with Gasteiger partial charge in [-0.05, 0) is 29.8 Å². The fourth-order valence-electron chi connectivity index (χ4n) is 2.65. The molecule has 2 heterocycles. The monoisotopic (exact) mass is 375 g/mol. The smallest absolute Gasteiger partial charge is 0.243 e. The molecule has 130 valence electrons. The third kappa shape index (κ3) is 3.27. The maximum atomic E-state index is 14.5. The van der Waals surface area contributed by atoms with Crippen LogP contribution in [0.5, 0.6) is 0 Å². The van der Waals surface area contributed by atoms with Crippen LogP contribution in [0.1, 0.15) is 6.42 Å². The molecule has 1 aliphatic rings. The van der Waals surface area contributed by atoms with E-state index in [1.165, 1.54) is 25.3 Å². The summed E-state index contributed by atoms with van der Waals surface area (Å²) >= 11 is 6.02. The third-order valence-corrected chi connectivity index (χ3v) is 5.83. The zero-order valence-corrected chi connectivity index (χ0v) is 14.3. The predicted molar refractivity (Wildman–Crippen MR) is 83.7 cm³/mol. The molecule has 3 rings (SSSR count). The second-order valence-corrected chi connectivity index (χ2v) is 7.96. The van der Waals surface area contributed by atoms with Crippen LogP contribution in [0.3, 0.4) is 0 Å². The molecule has 2 aromatic rings. The van der Waals surface area contributed by atoms with Crippen molar-refractivity contribution in [3.8, 4) is 11.4 Å². The molecular formula is C13H15ClFN5O3S. The number of aromatic nitrogens is 4. The molecule has 1 aliphatic heterocycles. The first-order valence-electron chi connectivity index (χ1n) is 7.06. The van der Waals surface area contributed by atoms with Crippen molar-refractivity contribution in [2.75, 3.05) is 26.8 Å². The summed E-state index contributed by atoms with van der Waals surface area (Å²) in [5, 5.41) is 13.5. The molecule has 8 nitrogen and oxygen atoms in total. The van der Waals surface area contributed by atoms with Gasteiger partial charge in [0.1, 0.15) is 5.67 Å². The van der Waals surface area contributed by atoms with Crippen LogP contribution < -0.4 is 0 Å². The molecule has 1 saturated heterocycles. The van der Waals surface area contributed by atoms with E-state index < -0.39 is 15.7 Å². The fourth-order valence-corrected chi connectivity index (χ4v) is 4.54. The Morgan fingerprint density at radius 3 is 2.92 bits per heavy atom. The van der Waals surface area contributed by atoms with E-state index in [2.05, 4.69) is 20.6 Å². The number of H-pyrrole nitrogens is 1. The van der Waals surface area contributed by atoms with Crippen molar-refractivity contribution >= 4 is 21.6 Å². The molecule has 0 aliphatic carbocycles. The summed E-state index contributed by atoms with van der Waals surface area (Å²) in [5.74, 6) is 0.217. The van der Waals surface area contributed by atoms with Crippen molar-refractivity contribution in [2.45, 2.75) is 17.0 Å². The van der Waals surface area contributed by atoms with Crippen LogP contribution in [0.4, 0.5) is 4.39 Å². The SMILES string of the molecule is COCC1(F)CCN(S(=O)(=O)c2cc(Cl)cc(-c3nn[nH]n3)c2)C1. The highest BCUT2D eigenvalue weighted by molar-refractivity contribution is 7.89. The molecule has 0 amide bonds. The number of methoxy groups -OCH3 is 1. The number of ether oxygens (including phenoxy) is 1. The van der Waals surface area contributed by atoms with Gasteiger partial charge in [0.15, 0.2) is 0 Å². The quantitative estimate of drug-likeness (QED) is 0.844. The summed E-state index contributed by atoms with van der Waals surface area (Å²) in [6.07, 6.45) is 0.0817. The van der Waals surface area contributed by atoms with Crippen molar-refractivity contribution in [3.05, 3.63) is 23.2 Å². The number of aromatic amines is 1. The molecule has 1 atom stereocenters. The maximum absolute atomic E-state index is 14.5. The summed E-state index contributed by atoms with van der Waals surface area (Å²) in [7, 11) is -2.52. The number of nitrogens with one attached hydrogen (secondary N) is 1. The second kappa shape index (κ2) is 6.36. The van der Waals surface area contributed by atoms with Crippen LogP contribution in [-0.2, 0) is 14.8 Å². The van der Waals surface area contributed by atoms with Gasteiger partial charge in [-0.15, -0.1) is 10.2 Å². The van der Waals surface area contributed by atoms with Crippen LogP contribution in [0.25, 0.3) is 11.4 Å². The summed E-state index contributed by atoms with van der Waals surface area (Å²) < 4.78 is 46.0. The van der Waals surface area contributed by atoms with Gasteiger partial charge in [0, 0.05) is 24.2 Å². The summed E-state index contributed by atoms with van der Waals surface area (Å²) in [6, 6.07) is 4.23. The Morgan fingerprint density at radius 2 is 2.25 bits per heavy atom. The van der Waals surface area contributed by atoms with Gasteiger partial charge in [-0.3, -0.25) is 0 Å². The van der Waals surface area contributed by atoms with E-state index in [-0.39, 0.29) is 41.9 Å². The minimum Gasteiger partial charge on any atom is -0.381 e. The first kappa shape index (κ1) is 17.2. The normalized spacial score (nSPS) is 22.1. The number of rotatable bonds is 5. The Labute approximate surface area is 143 Å². The van der Waals surface area contributed by atoms with Crippen LogP contribution in [0.2, 0.25) is 5.02 Å². The average Bonchev–Trinajstić information content (AvgIpc) is 3.17. The topological polar surface area (TPSA) is 101 Å². The molecule has 0 radical (unpaired) electrons. The van der Waals surface area contributed by atoms with Gasteiger partial charge in [-0.2, -0.15) is 9.52 Å². The van der Waals surface area contributed by atoms with Crippen molar-refractivity contribution in [1.29, 1.82) is 0 Å². The van der Waals surface area contributed by atoms with Crippen LogP contribution >= 0.6 is 11.6 Å². The number of nitrogens with zero attached hydrogens (tertiary/aromatic N) is 4. The standard InChI is InChI=1S/C13H15ClFN5O3S/c1-23-8-13(15)2-3-20(7-13)24(21,22)11-5-9(4-10(14)6-11)12-16-18-19-17-12/h4-6H,2-3,7-8H2,1H3,(H,16,17,18,19). The highest BCUT2D eigenvalue weighted by Gasteiger charge is 2.43. The lowest BCUT2D eigenvalue weighted by Gasteiger charge is -2.20. The number of hydrogen-bond acceptors (Lipinski definition) is 6. The molecular weight excluding hydrogens is 361 g/mol. The molecule has 1 N–H and O–H groups in total. The summed E-state index contributed by atoms with van der Waals surface area (Å²) in [5.41, 5.74) is -1.28. The minimum atomic E-state index is -3.90. The van der Waals surface area contributed by atoms with Gasteiger partial charge in [0.25, 0.3) is 0 Å². The lowest BCUT2D eigenvalue weighted by molar-refractivity contribution is 0.0521. The number of halogens is 2. The molecule has 0 bridgehead atoms. The van der Waals surface area contributed by atoms with E-state index in [4.69, 9.17) is 16.3 Å². The minimum absolute atomic E-state index is 0.0449. The molecule has 0 spiro atoms. The Kier molecular flexibility index (Phi) is 4.56. The Bertz CT molecular complexity index is 832.